The molecule has 0 aliphatic carbocycles. The van der Waals surface area contributed by atoms with Crippen LogP contribution >= 0.6 is 0 Å². The van der Waals surface area contributed by atoms with Gasteiger partial charge < -0.3 is 5.32 Å². The lowest BCUT2D eigenvalue weighted by molar-refractivity contribution is 0.389. The third kappa shape index (κ3) is 5.55. The van der Waals surface area contributed by atoms with Crippen LogP contribution in [0.1, 0.15) is 60.6 Å². The van der Waals surface area contributed by atoms with E-state index in [-0.39, 0.29) is 0 Å². The molecule has 0 amide bonds. The van der Waals surface area contributed by atoms with Crippen molar-refractivity contribution in [3.05, 3.63) is 69.8 Å². The summed E-state index contributed by atoms with van der Waals surface area (Å²) in [4.78, 5) is 5.07. The lowest BCUT2D eigenvalue weighted by Gasteiger charge is -2.20. The van der Waals surface area contributed by atoms with Crippen LogP contribution in [-0.2, 0) is 0 Å². The highest BCUT2D eigenvalue weighted by atomic mass is 15.0. The Labute approximate surface area is 189 Å². The SMILES string of the molecule is Cc1cc(C)c(-c2cc(NCCC(C)(C)C)nc(-c3c(C)cc(C)cc3C)c2)c(C)c1. The average molecular weight is 415 g/mol. The highest BCUT2D eigenvalue weighted by molar-refractivity contribution is 5.79. The largest absolute Gasteiger partial charge is 0.370 e. The zero-order chi connectivity index (χ0) is 22.9. The molecular formula is C29H38N2. The standard InChI is InChI=1S/C29H38N2/c1-18-12-20(3)27(21(4)13-18)24-16-25(28-22(5)14-19(2)15-23(28)6)31-26(17-24)30-11-10-29(7,8)9/h12-17H,10-11H2,1-9H3,(H,30,31). The third-order valence-electron chi connectivity index (χ3n) is 5.91. The molecule has 1 heterocycles. The topological polar surface area (TPSA) is 24.9 Å². The highest BCUT2D eigenvalue weighted by Gasteiger charge is 2.15. The number of aryl methyl sites for hydroxylation is 6. The Hall–Kier alpha value is -2.61. The van der Waals surface area contributed by atoms with E-state index in [1.807, 2.05) is 0 Å². The third-order valence-corrected chi connectivity index (χ3v) is 5.91. The fraction of sp³-hybridized carbons (Fsp3) is 0.414. The summed E-state index contributed by atoms with van der Waals surface area (Å²) in [5, 5.41) is 3.61. The van der Waals surface area contributed by atoms with Crippen molar-refractivity contribution in [1.82, 2.24) is 4.98 Å². The normalized spacial score (nSPS) is 11.6. The number of benzene rings is 2. The van der Waals surface area contributed by atoms with Crippen LogP contribution in [0, 0.1) is 47.0 Å². The lowest BCUT2D eigenvalue weighted by Crippen LogP contribution is -2.13. The first kappa shape index (κ1) is 23.1. The number of nitrogens with zero attached hydrogens (tertiary/aromatic N) is 1. The molecule has 0 bridgehead atoms. The van der Waals surface area contributed by atoms with Crippen molar-refractivity contribution < 1.29 is 0 Å². The Bertz CT molecular complexity index is 978. The lowest BCUT2D eigenvalue weighted by atomic mass is 9.91. The molecule has 0 saturated heterocycles. The molecule has 3 aromatic rings. The second kappa shape index (κ2) is 8.86. The van der Waals surface area contributed by atoms with Crippen LogP contribution in [0.2, 0.25) is 0 Å². The molecule has 2 nitrogen and oxygen atoms in total. The van der Waals surface area contributed by atoms with E-state index in [0.29, 0.717) is 5.41 Å². The molecule has 1 N–H and O–H groups in total. The van der Waals surface area contributed by atoms with Crippen molar-refractivity contribution in [2.24, 2.45) is 5.41 Å². The molecule has 0 radical (unpaired) electrons. The molecule has 0 unspecified atom stereocenters. The smallest absolute Gasteiger partial charge is 0.127 e. The molecule has 1 aromatic heterocycles. The van der Waals surface area contributed by atoms with Crippen molar-refractivity contribution in [2.45, 2.75) is 68.7 Å². The van der Waals surface area contributed by atoms with Crippen molar-refractivity contribution in [3.63, 3.8) is 0 Å². The molecule has 3 rings (SSSR count). The van der Waals surface area contributed by atoms with Gasteiger partial charge in [0, 0.05) is 12.1 Å². The summed E-state index contributed by atoms with van der Waals surface area (Å²) in [6.07, 6.45) is 1.10. The van der Waals surface area contributed by atoms with E-state index in [4.69, 9.17) is 4.98 Å². The first-order chi connectivity index (χ1) is 14.4. The summed E-state index contributed by atoms with van der Waals surface area (Å²) >= 11 is 0. The molecule has 2 heteroatoms. The summed E-state index contributed by atoms with van der Waals surface area (Å²) in [6, 6.07) is 13.5. The van der Waals surface area contributed by atoms with E-state index >= 15 is 0 Å². The average Bonchev–Trinajstić information content (AvgIpc) is 2.58. The van der Waals surface area contributed by atoms with Crippen LogP contribution in [-0.4, -0.2) is 11.5 Å². The summed E-state index contributed by atoms with van der Waals surface area (Å²) in [6.45, 7) is 20.9. The zero-order valence-corrected chi connectivity index (χ0v) is 20.8. The summed E-state index contributed by atoms with van der Waals surface area (Å²) in [7, 11) is 0. The van der Waals surface area contributed by atoms with Gasteiger partial charge in [0.1, 0.15) is 5.82 Å². The molecular weight excluding hydrogens is 376 g/mol. The second-order valence-electron chi connectivity index (χ2n) is 10.4. The van der Waals surface area contributed by atoms with Gasteiger partial charge in [-0.3, -0.25) is 0 Å². The predicted octanol–water partition coefficient (Wildman–Crippen LogP) is 8.11. The molecule has 2 aromatic carbocycles. The van der Waals surface area contributed by atoms with Gasteiger partial charge in [-0.2, -0.15) is 0 Å². The first-order valence-electron chi connectivity index (χ1n) is 11.4. The number of aromatic nitrogens is 1. The van der Waals surface area contributed by atoms with Crippen LogP contribution in [0.5, 0.6) is 0 Å². The van der Waals surface area contributed by atoms with Crippen LogP contribution in [0.25, 0.3) is 22.4 Å². The number of hydrogen-bond acceptors (Lipinski definition) is 2. The number of rotatable bonds is 5. The molecule has 164 valence electrons. The number of anilines is 1. The van der Waals surface area contributed by atoms with Gasteiger partial charge in [-0.15, -0.1) is 0 Å². The number of nitrogens with one attached hydrogen (secondary N) is 1. The van der Waals surface area contributed by atoms with Crippen molar-refractivity contribution in [1.29, 1.82) is 0 Å². The summed E-state index contributed by atoms with van der Waals surface area (Å²) < 4.78 is 0. The molecule has 0 aliphatic heterocycles. The minimum Gasteiger partial charge on any atom is -0.370 e. The van der Waals surface area contributed by atoms with Crippen molar-refractivity contribution in [2.75, 3.05) is 11.9 Å². The molecule has 0 spiro atoms. The maximum atomic E-state index is 5.07. The molecule has 31 heavy (non-hydrogen) atoms. The minimum atomic E-state index is 0.293. The second-order valence-corrected chi connectivity index (χ2v) is 10.4. The molecule has 0 aliphatic rings. The summed E-state index contributed by atoms with van der Waals surface area (Å²) in [5.74, 6) is 0.954. The minimum absolute atomic E-state index is 0.293. The van der Waals surface area contributed by atoms with Gasteiger partial charge in [0.25, 0.3) is 0 Å². The number of pyridine rings is 1. The van der Waals surface area contributed by atoms with Gasteiger partial charge in [-0.25, -0.2) is 4.98 Å². The van der Waals surface area contributed by atoms with Crippen LogP contribution in [0.15, 0.2) is 36.4 Å². The molecule has 0 fully saturated rings. The van der Waals surface area contributed by atoms with E-state index < -0.39 is 0 Å². The maximum absolute atomic E-state index is 5.07. The Morgan fingerprint density at radius 1 is 0.677 bits per heavy atom. The maximum Gasteiger partial charge on any atom is 0.127 e. The zero-order valence-electron chi connectivity index (χ0n) is 20.8. The summed E-state index contributed by atoms with van der Waals surface area (Å²) in [5.41, 5.74) is 12.9. The fourth-order valence-corrected chi connectivity index (χ4v) is 4.68. The Balaban J connectivity index is 2.16. The van der Waals surface area contributed by atoms with Gasteiger partial charge in [0.2, 0.25) is 0 Å². The van der Waals surface area contributed by atoms with Crippen LogP contribution < -0.4 is 5.32 Å². The van der Waals surface area contributed by atoms with E-state index in [0.717, 1.165) is 24.5 Å². The van der Waals surface area contributed by atoms with Gasteiger partial charge in [0.05, 0.1) is 5.69 Å². The van der Waals surface area contributed by atoms with Gasteiger partial charge in [-0.1, -0.05) is 56.2 Å². The van der Waals surface area contributed by atoms with Crippen molar-refractivity contribution >= 4 is 5.82 Å². The van der Waals surface area contributed by atoms with E-state index in [1.54, 1.807) is 0 Å². The van der Waals surface area contributed by atoms with Gasteiger partial charge in [0.15, 0.2) is 0 Å². The van der Waals surface area contributed by atoms with Crippen LogP contribution in [0.4, 0.5) is 5.82 Å². The van der Waals surface area contributed by atoms with Gasteiger partial charge >= 0.3 is 0 Å². The molecule has 0 saturated carbocycles. The fourth-order valence-electron chi connectivity index (χ4n) is 4.68. The Morgan fingerprint density at radius 3 is 1.65 bits per heavy atom. The monoisotopic (exact) mass is 414 g/mol. The quantitative estimate of drug-likeness (QED) is 0.456. The highest BCUT2D eigenvalue weighted by Crippen LogP contribution is 2.35. The predicted molar refractivity (Wildman–Crippen MR) is 136 cm³/mol. The van der Waals surface area contributed by atoms with E-state index in [1.165, 1.54) is 50.1 Å². The first-order valence-corrected chi connectivity index (χ1v) is 11.4. The number of hydrogen-bond donors (Lipinski definition) is 1. The Morgan fingerprint density at radius 2 is 1.16 bits per heavy atom. The van der Waals surface area contributed by atoms with Crippen LogP contribution in [0.3, 0.4) is 0 Å². The molecule has 0 atom stereocenters. The van der Waals surface area contributed by atoms with E-state index in [9.17, 15) is 0 Å². The van der Waals surface area contributed by atoms with Crippen molar-refractivity contribution in [3.8, 4) is 22.4 Å². The Kier molecular flexibility index (Phi) is 6.59. The van der Waals surface area contributed by atoms with Gasteiger partial charge in [-0.05, 0) is 98.9 Å². The van der Waals surface area contributed by atoms with E-state index in [2.05, 4.69) is 104 Å².